The molecule has 3 aromatic heterocycles. The summed E-state index contributed by atoms with van der Waals surface area (Å²) in [7, 11) is 0. The van der Waals surface area contributed by atoms with E-state index in [0.29, 0.717) is 0 Å². The zero-order valence-corrected chi connectivity index (χ0v) is 27.6. The van der Waals surface area contributed by atoms with Crippen LogP contribution in [0.5, 0.6) is 0 Å². The maximum absolute atomic E-state index is 4.41. The maximum atomic E-state index is 4.41. The fourth-order valence-corrected chi connectivity index (χ4v) is 4.44. The van der Waals surface area contributed by atoms with Crippen molar-refractivity contribution in [3.05, 3.63) is 187 Å². The van der Waals surface area contributed by atoms with Gasteiger partial charge in [0, 0.05) is 17.6 Å². The van der Waals surface area contributed by atoms with Crippen LogP contribution in [0.1, 0.15) is 11.4 Å². The second-order valence-corrected chi connectivity index (χ2v) is 9.95. The SMILES string of the molecule is Cc1cccc(-c2[c-]cccc2)n1.Cc1cccc(-c2[c-]cccc2)n1.[Ir+3].[c-]1ccc(-c2ccccc2)cc1-c1ccccn1. The summed E-state index contributed by atoms with van der Waals surface area (Å²) in [5.74, 6) is 0. The Hall–Kier alpha value is -5.02. The number of aromatic nitrogens is 3. The summed E-state index contributed by atoms with van der Waals surface area (Å²) in [6, 6.07) is 59.7. The fraction of sp³-hybridized carbons (Fsp3) is 0.0488. The maximum Gasteiger partial charge on any atom is 3.00 e. The van der Waals surface area contributed by atoms with E-state index in [1.807, 2.05) is 141 Å². The molecule has 0 saturated carbocycles. The summed E-state index contributed by atoms with van der Waals surface area (Å²) in [5, 5.41) is 0. The molecule has 0 unspecified atom stereocenters. The summed E-state index contributed by atoms with van der Waals surface area (Å²) >= 11 is 0. The third-order valence-corrected chi connectivity index (χ3v) is 6.60. The zero-order valence-electron chi connectivity index (χ0n) is 25.2. The van der Waals surface area contributed by atoms with E-state index in [1.54, 1.807) is 6.20 Å². The molecule has 0 aliphatic heterocycles. The molecule has 0 fully saturated rings. The largest absolute Gasteiger partial charge is 3.00 e. The van der Waals surface area contributed by atoms with Gasteiger partial charge in [-0.05, 0) is 54.7 Å². The van der Waals surface area contributed by atoms with Crippen molar-refractivity contribution in [1.29, 1.82) is 0 Å². The summed E-state index contributed by atoms with van der Waals surface area (Å²) in [5.41, 5.74) is 10.5. The first-order chi connectivity index (χ1) is 21.7. The molecule has 7 rings (SSSR count). The van der Waals surface area contributed by atoms with Gasteiger partial charge in [-0.3, -0.25) is 0 Å². The Labute approximate surface area is 280 Å². The van der Waals surface area contributed by atoms with Gasteiger partial charge >= 0.3 is 20.1 Å². The average molecular weight is 759 g/mol. The Morgan fingerprint density at radius 3 is 1.47 bits per heavy atom. The number of benzene rings is 4. The van der Waals surface area contributed by atoms with E-state index in [9.17, 15) is 0 Å². The van der Waals surface area contributed by atoms with E-state index in [1.165, 1.54) is 11.1 Å². The van der Waals surface area contributed by atoms with Crippen LogP contribution in [0.3, 0.4) is 0 Å². The van der Waals surface area contributed by atoms with Gasteiger partial charge in [-0.1, -0.05) is 66.7 Å². The van der Waals surface area contributed by atoms with Crippen LogP contribution < -0.4 is 0 Å². The summed E-state index contributed by atoms with van der Waals surface area (Å²) in [6.45, 7) is 3.98. The van der Waals surface area contributed by atoms with E-state index < -0.39 is 0 Å². The van der Waals surface area contributed by atoms with Crippen molar-refractivity contribution < 1.29 is 20.1 Å². The number of rotatable bonds is 4. The van der Waals surface area contributed by atoms with Crippen LogP contribution >= 0.6 is 0 Å². The van der Waals surface area contributed by atoms with Crippen molar-refractivity contribution in [3.8, 4) is 44.9 Å². The molecule has 0 N–H and O–H groups in total. The predicted molar refractivity (Wildman–Crippen MR) is 180 cm³/mol. The van der Waals surface area contributed by atoms with Gasteiger partial charge in [0.1, 0.15) is 0 Å². The zero-order chi connectivity index (χ0) is 30.4. The van der Waals surface area contributed by atoms with Crippen molar-refractivity contribution >= 4 is 0 Å². The molecule has 3 heterocycles. The van der Waals surface area contributed by atoms with Gasteiger partial charge < -0.3 is 15.0 Å². The molecule has 220 valence electrons. The monoisotopic (exact) mass is 759 g/mol. The van der Waals surface area contributed by atoms with Crippen LogP contribution in [0, 0.1) is 32.0 Å². The number of hydrogen-bond donors (Lipinski definition) is 0. The molecular formula is C41H32IrN3. The Bertz CT molecular complexity index is 1720. The van der Waals surface area contributed by atoms with E-state index in [-0.39, 0.29) is 20.1 Å². The first-order valence-corrected chi connectivity index (χ1v) is 14.5. The Kier molecular flexibility index (Phi) is 12.7. The Morgan fingerprint density at radius 1 is 0.422 bits per heavy atom. The standard InChI is InChI=1S/C17H12N.2C12H10N.Ir/c1-2-7-14(8-3-1)15-9-6-10-16(13-15)17-11-4-5-12-18-17;2*1-10-6-5-9-12(13-10)11-7-3-2-4-8-11;/h1-9,11-13H;2*2-7,9H,1H3;/q3*-1;+3. The minimum atomic E-state index is 0. The van der Waals surface area contributed by atoms with Crippen LogP contribution in [0.15, 0.2) is 158 Å². The smallest absolute Gasteiger partial charge is 0.305 e. The molecule has 0 amide bonds. The topological polar surface area (TPSA) is 38.7 Å². The quantitative estimate of drug-likeness (QED) is 0.168. The molecule has 0 radical (unpaired) electrons. The third-order valence-electron chi connectivity index (χ3n) is 6.60. The van der Waals surface area contributed by atoms with E-state index in [0.717, 1.165) is 45.2 Å². The number of nitrogens with zero attached hydrogens (tertiary/aromatic N) is 3. The van der Waals surface area contributed by atoms with Gasteiger partial charge in [-0.15, -0.1) is 107 Å². The molecule has 0 atom stereocenters. The van der Waals surface area contributed by atoms with Gasteiger partial charge in [0.2, 0.25) is 0 Å². The van der Waals surface area contributed by atoms with Gasteiger partial charge in [-0.2, -0.15) is 0 Å². The van der Waals surface area contributed by atoms with Crippen LogP contribution in [-0.4, -0.2) is 15.0 Å². The van der Waals surface area contributed by atoms with E-state index in [2.05, 4.69) is 57.4 Å². The van der Waals surface area contributed by atoms with Crippen molar-refractivity contribution in [2.75, 3.05) is 0 Å². The molecule has 4 aromatic carbocycles. The summed E-state index contributed by atoms with van der Waals surface area (Å²) < 4.78 is 0. The van der Waals surface area contributed by atoms with Crippen LogP contribution in [0.2, 0.25) is 0 Å². The van der Waals surface area contributed by atoms with E-state index >= 15 is 0 Å². The second kappa shape index (κ2) is 17.3. The van der Waals surface area contributed by atoms with Crippen LogP contribution in [-0.2, 0) is 20.1 Å². The first kappa shape index (κ1) is 32.9. The van der Waals surface area contributed by atoms with Gasteiger partial charge in [0.05, 0.1) is 0 Å². The number of aryl methyl sites for hydroxylation is 2. The summed E-state index contributed by atoms with van der Waals surface area (Å²) in [6.07, 6.45) is 1.80. The van der Waals surface area contributed by atoms with Crippen LogP contribution in [0.4, 0.5) is 0 Å². The Balaban J connectivity index is 0.000000155. The molecule has 7 aromatic rings. The van der Waals surface area contributed by atoms with E-state index in [4.69, 9.17) is 0 Å². The predicted octanol–water partition coefficient (Wildman–Crippen LogP) is 9.93. The average Bonchev–Trinajstić information content (AvgIpc) is 3.10. The molecule has 0 saturated heterocycles. The van der Waals surface area contributed by atoms with Gasteiger partial charge in [0.15, 0.2) is 0 Å². The molecule has 0 aliphatic rings. The molecule has 45 heavy (non-hydrogen) atoms. The molecule has 4 heteroatoms. The minimum Gasteiger partial charge on any atom is -0.305 e. The number of pyridine rings is 3. The second-order valence-electron chi connectivity index (χ2n) is 9.95. The number of hydrogen-bond acceptors (Lipinski definition) is 3. The van der Waals surface area contributed by atoms with Gasteiger partial charge in [-0.25, -0.2) is 0 Å². The Morgan fingerprint density at radius 2 is 0.956 bits per heavy atom. The molecule has 0 aliphatic carbocycles. The fourth-order valence-electron chi connectivity index (χ4n) is 4.44. The van der Waals surface area contributed by atoms with Crippen LogP contribution in [0.25, 0.3) is 44.9 Å². The normalized spacial score (nSPS) is 9.82. The van der Waals surface area contributed by atoms with Crippen molar-refractivity contribution in [1.82, 2.24) is 15.0 Å². The van der Waals surface area contributed by atoms with Crippen molar-refractivity contribution in [2.24, 2.45) is 0 Å². The van der Waals surface area contributed by atoms with Crippen molar-refractivity contribution in [2.45, 2.75) is 13.8 Å². The molecule has 3 nitrogen and oxygen atoms in total. The van der Waals surface area contributed by atoms with Gasteiger partial charge in [0.25, 0.3) is 0 Å². The molecule has 0 bridgehead atoms. The summed E-state index contributed by atoms with van der Waals surface area (Å²) in [4.78, 5) is 13.2. The molecule has 0 spiro atoms. The third kappa shape index (κ3) is 10.0. The first-order valence-electron chi connectivity index (χ1n) is 14.5. The minimum absolute atomic E-state index is 0. The van der Waals surface area contributed by atoms with Crippen molar-refractivity contribution in [3.63, 3.8) is 0 Å². The molecular weight excluding hydrogens is 727 g/mol.